The van der Waals surface area contributed by atoms with E-state index in [0.29, 0.717) is 13.1 Å². The van der Waals surface area contributed by atoms with Crippen LogP contribution < -0.4 is 0 Å². The summed E-state index contributed by atoms with van der Waals surface area (Å²) in [6, 6.07) is 3.89. The first kappa shape index (κ1) is 17.9. The van der Waals surface area contributed by atoms with Crippen LogP contribution in [0.4, 0.5) is 0 Å². The third kappa shape index (κ3) is 3.90. The Hall–Kier alpha value is -2.44. The molecule has 7 heteroatoms. The largest absolute Gasteiger partial charge is 0.483 e. The number of carbonyl (C=O) groups excluding carboxylic acids is 2. The van der Waals surface area contributed by atoms with Gasteiger partial charge in [-0.25, -0.2) is 0 Å². The second-order valence-corrected chi connectivity index (χ2v) is 6.26. The van der Waals surface area contributed by atoms with E-state index in [1.54, 1.807) is 19.3 Å². The van der Waals surface area contributed by atoms with E-state index in [0.717, 1.165) is 37.9 Å². The molecule has 2 saturated heterocycles. The molecule has 130 valence electrons. The van der Waals surface area contributed by atoms with E-state index in [9.17, 15) is 9.59 Å². The highest BCUT2D eigenvalue weighted by Gasteiger charge is 2.49. The van der Waals surface area contributed by atoms with E-state index >= 15 is 0 Å². The Labute approximate surface area is 141 Å². The third-order valence-corrected chi connectivity index (χ3v) is 4.75. The lowest BCUT2D eigenvalue weighted by molar-refractivity contribution is -0.143. The maximum Gasteiger partial charge on any atom is 0.290 e. The van der Waals surface area contributed by atoms with Crippen LogP contribution in [-0.2, 0) is 20.9 Å². The summed E-state index contributed by atoms with van der Waals surface area (Å²) in [6.07, 6.45) is 6.20. The molecule has 1 atom stereocenters. The fourth-order valence-corrected chi connectivity index (χ4v) is 3.53. The number of amides is 2. The van der Waals surface area contributed by atoms with Crippen LogP contribution >= 0.6 is 0 Å². The molecule has 1 unspecified atom stereocenters. The molecule has 7 nitrogen and oxygen atoms in total. The van der Waals surface area contributed by atoms with Gasteiger partial charge in [0.05, 0.1) is 5.41 Å². The Bertz CT molecular complexity index is 593. The number of carbonyl (C=O) groups is 3. The molecule has 0 aromatic carbocycles. The number of nitrogens with zero attached hydrogens (tertiary/aromatic N) is 3. The van der Waals surface area contributed by atoms with Crippen LogP contribution in [0.2, 0.25) is 0 Å². The minimum Gasteiger partial charge on any atom is -0.483 e. The Morgan fingerprint density at radius 2 is 2.00 bits per heavy atom. The first-order valence-electron chi connectivity index (χ1n) is 8.04. The van der Waals surface area contributed by atoms with Crippen molar-refractivity contribution in [2.24, 2.45) is 5.41 Å². The lowest BCUT2D eigenvalue weighted by atomic mass is 9.78. The Morgan fingerprint density at radius 1 is 1.33 bits per heavy atom. The standard InChI is InChI=1S/C16H21N3O2.CH2O2/c1-13(20)19-9-2-5-16(12-19)6-10-18(15(16)21)11-14-3-7-17-8-4-14;2-1-3/h3-4,7-8H,2,5-6,9-12H2,1H3;1H,(H,2,3). The van der Waals surface area contributed by atoms with Gasteiger partial charge in [0.25, 0.3) is 6.47 Å². The molecule has 24 heavy (non-hydrogen) atoms. The van der Waals surface area contributed by atoms with Crippen molar-refractivity contribution < 1.29 is 19.5 Å². The zero-order chi connectivity index (χ0) is 17.6. The molecule has 0 saturated carbocycles. The Kier molecular flexibility index (Phi) is 5.89. The van der Waals surface area contributed by atoms with Gasteiger partial charge >= 0.3 is 0 Å². The van der Waals surface area contributed by atoms with Crippen LogP contribution in [-0.4, -0.2) is 57.8 Å². The summed E-state index contributed by atoms with van der Waals surface area (Å²) in [5, 5.41) is 6.89. The number of pyridine rings is 1. The van der Waals surface area contributed by atoms with Crippen molar-refractivity contribution in [2.75, 3.05) is 19.6 Å². The van der Waals surface area contributed by atoms with Crippen molar-refractivity contribution in [1.82, 2.24) is 14.8 Å². The number of hydrogen-bond donors (Lipinski definition) is 1. The van der Waals surface area contributed by atoms with E-state index in [-0.39, 0.29) is 23.7 Å². The summed E-state index contributed by atoms with van der Waals surface area (Å²) >= 11 is 0. The zero-order valence-corrected chi connectivity index (χ0v) is 13.9. The van der Waals surface area contributed by atoms with E-state index in [1.165, 1.54) is 0 Å². The summed E-state index contributed by atoms with van der Waals surface area (Å²) in [7, 11) is 0. The Morgan fingerprint density at radius 3 is 2.62 bits per heavy atom. The summed E-state index contributed by atoms with van der Waals surface area (Å²) in [5.41, 5.74) is 0.770. The summed E-state index contributed by atoms with van der Waals surface area (Å²) in [4.78, 5) is 40.6. The third-order valence-electron chi connectivity index (χ3n) is 4.75. The van der Waals surface area contributed by atoms with Crippen LogP contribution in [0.25, 0.3) is 0 Å². The van der Waals surface area contributed by atoms with Gasteiger partial charge in [-0.15, -0.1) is 0 Å². The highest BCUT2D eigenvalue weighted by Crippen LogP contribution is 2.40. The van der Waals surface area contributed by atoms with Crippen LogP contribution in [0.3, 0.4) is 0 Å². The lowest BCUT2D eigenvalue weighted by Crippen LogP contribution is -2.49. The normalized spacial score (nSPS) is 23.0. The smallest absolute Gasteiger partial charge is 0.290 e. The van der Waals surface area contributed by atoms with Gasteiger partial charge in [-0.2, -0.15) is 0 Å². The van der Waals surface area contributed by atoms with Gasteiger partial charge in [0.1, 0.15) is 0 Å². The number of likely N-dealkylation sites (tertiary alicyclic amines) is 2. The van der Waals surface area contributed by atoms with Crippen molar-refractivity contribution in [3.63, 3.8) is 0 Å². The predicted octanol–water partition coefficient (Wildman–Crippen LogP) is 1.14. The molecule has 0 aliphatic carbocycles. The number of carboxylic acid groups (broad SMARTS) is 1. The highest BCUT2D eigenvalue weighted by molar-refractivity contribution is 5.86. The van der Waals surface area contributed by atoms with Gasteiger partial charge in [0.2, 0.25) is 11.8 Å². The molecular weight excluding hydrogens is 310 g/mol. The van der Waals surface area contributed by atoms with E-state index in [2.05, 4.69) is 4.98 Å². The molecule has 2 aliphatic rings. The first-order chi connectivity index (χ1) is 11.5. The molecule has 2 fully saturated rings. The minimum absolute atomic E-state index is 0.0782. The number of piperidine rings is 1. The lowest BCUT2D eigenvalue weighted by Gasteiger charge is -2.38. The molecule has 2 aliphatic heterocycles. The van der Waals surface area contributed by atoms with Gasteiger partial charge in [0, 0.05) is 45.5 Å². The molecule has 3 rings (SSSR count). The molecule has 0 bridgehead atoms. The quantitative estimate of drug-likeness (QED) is 0.820. The topological polar surface area (TPSA) is 90.8 Å². The molecule has 0 radical (unpaired) electrons. The second kappa shape index (κ2) is 7.90. The number of rotatable bonds is 2. The average molecular weight is 333 g/mol. The first-order valence-corrected chi connectivity index (χ1v) is 8.04. The van der Waals surface area contributed by atoms with Gasteiger partial charge in [0.15, 0.2) is 0 Å². The fraction of sp³-hybridized carbons (Fsp3) is 0.529. The van der Waals surface area contributed by atoms with E-state index in [4.69, 9.17) is 9.90 Å². The Balaban J connectivity index is 0.000000647. The monoisotopic (exact) mass is 333 g/mol. The summed E-state index contributed by atoms with van der Waals surface area (Å²) in [6.45, 7) is 4.14. The van der Waals surface area contributed by atoms with E-state index in [1.807, 2.05) is 21.9 Å². The molecule has 1 aromatic rings. The number of hydrogen-bond acceptors (Lipinski definition) is 4. The summed E-state index contributed by atoms with van der Waals surface area (Å²) in [5.74, 6) is 0.291. The van der Waals surface area contributed by atoms with Crippen molar-refractivity contribution in [2.45, 2.75) is 32.7 Å². The SMILES string of the molecule is CC(=O)N1CCCC2(CCN(Cc3ccncc3)C2=O)C1.O=CO. The minimum atomic E-state index is -0.336. The van der Waals surface area contributed by atoms with Crippen LogP contribution in [0.1, 0.15) is 31.7 Å². The van der Waals surface area contributed by atoms with Crippen LogP contribution in [0.15, 0.2) is 24.5 Å². The molecule has 1 aromatic heterocycles. The van der Waals surface area contributed by atoms with E-state index < -0.39 is 0 Å². The maximum absolute atomic E-state index is 12.8. The van der Waals surface area contributed by atoms with Crippen molar-refractivity contribution in [3.8, 4) is 0 Å². The summed E-state index contributed by atoms with van der Waals surface area (Å²) < 4.78 is 0. The van der Waals surface area contributed by atoms with Gasteiger partial charge in [-0.1, -0.05) is 0 Å². The molecular formula is C17H23N3O4. The van der Waals surface area contributed by atoms with Gasteiger partial charge < -0.3 is 14.9 Å². The van der Waals surface area contributed by atoms with Crippen molar-refractivity contribution in [1.29, 1.82) is 0 Å². The highest BCUT2D eigenvalue weighted by atomic mass is 16.3. The molecule has 3 heterocycles. The molecule has 2 amide bonds. The van der Waals surface area contributed by atoms with Gasteiger partial charge in [-0.05, 0) is 37.0 Å². The second-order valence-electron chi connectivity index (χ2n) is 6.26. The zero-order valence-electron chi connectivity index (χ0n) is 13.9. The number of aromatic nitrogens is 1. The van der Waals surface area contributed by atoms with Crippen LogP contribution in [0.5, 0.6) is 0 Å². The maximum atomic E-state index is 12.8. The van der Waals surface area contributed by atoms with Gasteiger partial charge in [-0.3, -0.25) is 19.4 Å². The molecule has 1 spiro atoms. The van der Waals surface area contributed by atoms with Crippen molar-refractivity contribution in [3.05, 3.63) is 30.1 Å². The molecule has 1 N–H and O–H groups in total. The van der Waals surface area contributed by atoms with Crippen LogP contribution in [0, 0.1) is 5.41 Å². The van der Waals surface area contributed by atoms with Crippen molar-refractivity contribution >= 4 is 18.3 Å². The average Bonchev–Trinajstić information content (AvgIpc) is 2.86. The predicted molar refractivity (Wildman–Crippen MR) is 86.9 cm³/mol. The fourth-order valence-electron chi connectivity index (χ4n) is 3.53.